The van der Waals surface area contributed by atoms with Crippen molar-refractivity contribution in [2.45, 2.75) is 69.9 Å². The van der Waals surface area contributed by atoms with Crippen LogP contribution in [0.25, 0.3) is 0 Å². The Hall–Kier alpha value is -1.05. The van der Waals surface area contributed by atoms with Gasteiger partial charge in [-0.25, -0.2) is 0 Å². The molecule has 6 nitrogen and oxygen atoms in total. The third kappa shape index (κ3) is 2.99. The van der Waals surface area contributed by atoms with E-state index in [4.69, 9.17) is 21.1 Å². The number of alkyl halides is 1. The van der Waals surface area contributed by atoms with E-state index in [-0.39, 0.29) is 41.4 Å². The molecule has 5 rings (SSSR count). The number of carbonyl (C=O) groups excluding carboxylic acids is 2. The van der Waals surface area contributed by atoms with E-state index in [0.29, 0.717) is 19.6 Å². The summed E-state index contributed by atoms with van der Waals surface area (Å²) in [6, 6.07) is 0. The number of aliphatic hydroxyl groups excluding tert-OH is 1. The van der Waals surface area contributed by atoms with Crippen molar-refractivity contribution in [2.75, 3.05) is 19.1 Å². The fourth-order valence-electron chi connectivity index (χ4n) is 7.59. The van der Waals surface area contributed by atoms with Crippen LogP contribution >= 0.6 is 11.6 Å². The zero-order chi connectivity index (χ0) is 23.1. The zero-order valence-electron chi connectivity index (χ0n) is 19.0. The molecule has 0 radical (unpaired) electrons. The van der Waals surface area contributed by atoms with Gasteiger partial charge in [-0.05, 0) is 56.6 Å². The molecule has 0 bridgehead atoms. The summed E-state index contributed by atoms with van der Waals surface area (Å²) < 4.78 is 11.6. The lowest BCUT2D eigenvalue weighted by atomic mass is 9.46. The Balaban J connectivity index is 1.52. The number of hydrogen-bond acceptors (Lipinski definition) is 6. The van der Waals surface area contributed by atoms with Crippen LogP contribution in [-0.4, -0.2) is 64.3 Å². The van der Waals surface area contributed by atoms with E-state index in [1.165, 1.54) is 0 Å². The van der Waals surface area contributed by atoms with Crippen molar-refractivity contribution in [2.24, 2.45) is 28.6 Å². The van der Waals surface area contributed by atoms with Crippen LogP contribution in [0, 0.1) is 28.6 Å². The van der Waals surface area contributed by atoms with Crippen molar-refractivity contribution in [1.82, 2.24) is 0 Å². The summed E-state index contributed by atoms with van der Waals surface area (Å²) in [5, 5.41) is 23.4. The topological polar surface area (TPSA) is 96.4 Å². The number of Topliss-reactive ketones (excluding diaryl/α,β-unsaturated/α-hetero) is 1. The van der Waals surface area contributed by atoms with Crippen molar-refractivity contribution in [3.63, 3.8) is 0 Å². The van der Waals surface area contributed by atoms with E-state index in [0.717, 1.165) is 18.4 Å². The molecule has 1 aliphatic heterocycles. The molecule has 1 saturated heterocycles. The van der Waals surface area contributed by atoms with Gasteiger partial charge in [0.15, 0.2) is 17.2 Å². The standard InChI is InChI=1S/C25H33ClO6/c1-22(13-32-22)12-31-20-9-17-16-5-4-14-8-15(27)6-7-23(14,2)21(16)18(28)10-24(17,3)25(20,30)19(29)11-26/h6-8,16-18,20-21,28,30H,4-5,9-13H2,1-3H3/t16-,17-,18?,20?,21+,22?,23-,24-,25+/m0/s1. The van der Waals surface area contributed by atoms with Crippen LogP contribution in [0.1, 0.15) is 46.5 Å². The molecule has 2 N–H and O–H groups in total. The first-order chi connectivity index (χ1) is 15.0. The summed E-state index contributed by atoms with van der Waals surface area (Å²) in [5.41, 5.74) is -2.29. The van der Waals surface area contributed by atoms with Crippen molar-refractivity contribution < 1.29 is 29.3 Å². The lowest BCUT2D eigenvalue weighted by molar-refractivity contribution is -0.192. The highest BCUT2D eigenvalue weighted by atomic mass is 35.5. The van der Waals surface area contributed by atoms with Crippen LogP contribution in [0.5, 0.6) is 0 Å². The molecular formula is C25H33ClO6. The van der Waals surface area contributed by atoms with Gasteiger partial charge in [0.05, 0.1) is 31.3 Å². The Bertz CT molecular complexity index is 908. The summed E-state index contributed by atoms with van der Waals surface area (Å²) in [6.45, 7) is 6.89. The van der Waals surface area contributed by atoms with E-state index >= 15 is 0 Å². The van der Waals surface area contributed by atoms with Gasteiger partial charge in [0.2, 0.25) is 0 Å². The lowest BCUT2D eigenvalue weighted by Gasteiger charge is -2.59. The SMILES string of the molecule is CC1(COC2C[C@H]3[C@@H]4CCC5=CC(=O)C=C[C@]5(C)[C@H]4C(O)C[C@]3(C)[C@@]2(O)C(=O)CCl)CO1. The number of ketones is 2. The molecule has 4 fully saturated rings. The second-order valence-corrected chi connectivity index (χ2v) is 11.6. The van der Waals surface area contributed by atoms with E-state index in [1.807, 2.05) is 19.9 Å². The van der Waals surface area contributed by atoms with E-state index in [9.17, 15) is 19.8 Å². The minimum atomic E-state index is -1.76. The van der Waals surface area contributed by atoms with Gasteiger partial charge in [0.25, 0.3) is 0 Å². The van der Waals surface area contributed by atoms with Crippen LogP contribution in [0.3, 0.4) is 0 Å². The number of aliphatic hydroxyl groups is 2. The van der Waals surface area contributed by atoms with E-state index in [2.05, 4.69) is 6.92 Å². The van der Waals surface area contributed by atoms with Gasteiger partial charge in [-0.15, -0.1) is 11.6 Å². The highest BCUT2D eigenvalue weighted by Crippen LogP contribution is 2.67. The highest BCUT2D eigenvalue weighted by Gasteiger charge is 2.72. The number of ether oxygens (including phenoxy) is 2. The molecule has 0 amide bonds. The van der Waals surface area contributed by atoms with Crippen LogP contribution in [0.2, 0.25) is 0 Å². The summed E-state index contributed by atoms with van der Waals surface area (Å²) in [7, 11) is 0. The molecule has 0 aromatic rings. The van der Waals surface area contributed by atoms with E-state index in [1.54, 1.807) is 12.2 Å². The minimum Gasteiger partial charge on any atom is -0.393 e. The third-order valence-corrected chi connectivity index (χ3v) is 9.71. The Morgan fingerprint density at radius 1 is 1.34 bits per heavy atom. The molecular weight excluding hydrogens is 432 g/mol. The van der Waals surface area contributed by atoms with Gasteiger partial charge in [0.1, 0.15) is 5.60 Å². The Labute approximate surface area is 194 Å². The highest BCUT2D eigenvalue weighted by molar-refractivity contribution is 6.29. The molecule has 0 spiro atoms. The summed E-state index contributed by atoms with van der Waals surface area (Å²) in [5.74, 6) is -0.726. The molecule has 32 heavy (non-hydrogen) atoms. The summed E-state index contributed by atoms with van der Waals surface area (Å²) >= 11 is 5.98. The maximum absolute atomic E-state index is 13.1. The van der Waals surface area contributed by atoms with Gasteiger partial charge in [-0.2, -0.15) is 0 Å². The second-order valence-electron chi connectivity index (χ2n) is 11.3. The normalized spacial score (nSPS) is 51.5. The number of halogens is 1. The van der Waals surface area contributed by atoms with Gasteiger partial charge in [0, 0.05) is 16.7 Å². The van der Waals surface area contributed by atoms with Crippen molar-refractivity contribution in [3.05, 3.63) is 23.8 Å². The average molecular weight is 465 g/mol. The molecule has 0 aromatic heterocycles. The van der Waals surface area contributed by atoms with Gasteiger partial charge < -0.3 is 19.7 Å². The fraction of sp³-hybridized carbons (Fsp3) is 0.760. The Morgan fingerprint density at radius 3 is 2.72 bits per heavy atom. The molecule has 4 aliphatic carbocycles. The smallest absolute Gasteiger partial charge is 0.182 e. The number of fused-ring (bicyclic) bond motifs is 5. The first kappa shape index (κ1) is 22.7. The lowest BCUT2D eigenvalue weighted by Crippen LogP contribution is -2.64. The predicted molar refractivity (Wildman–Crippen MR) is 118 cm³/mol. The van der Waals surface area contributed by atoms with E-state index < -0.39 is 34.4 Å². The maximum atomic E-state index is 13.1. The Kier molecular flexibility index (Phi) is 5.13. The molecule has 9 atom stereocenters. The average Bonchev–Trinajstić information content (AvgIpc) is 3.43. The van der Waals surface area contributed by atoms with Crippen molar-refractivity contribution in [1.29, 1.82) is 0 Å². The van der Waals surface area contributed by atoms with Crippen LogP contribution in [-0.2, 0) is 19.1 Å². The van der Waals surface area contributed by atoms with Crippen LogP contribution in [0.15, 0.2) is 23.8 Å². The number of rotatable bonds is 5. The second kappa shape index (κ2) is 7.22. The summed E-state index contributed by atoms with van der Waals surface area (Å²) in [6.07, 6.45) is 6.29. The molecule has 0 aromatic carbocycles. The first-order valence-electron chi connectivity index (χ1n) is 11.7. The fourth-order valence-corrected chi connectivity index (χ4v) is 7.79. The number of carbonyl (C=O) groups is 2. The van der Waals surface area contributed by atoms with Crippen molar-refractivity contribution >= 4 is 23.2 Å². The molecule has 3 saturated carbocycles. The van der Waals surface area contributed by atoms with Gasteiger partial charge >= 0.3 is 0 Å². The quantitative estimate of drug-likeness (QED) is 0.479. The Morgan fingerprint density at radius 2 is 2.06 bits per heavy atom. The number of epoxide rings is 1. The largest absolute Gasteiger partial charge is 0.393 e. The zero-order valence-corrected chi connectivity index (χ0v) is 19.7. The maximum Gasteiger partial charge on any atom is 0.182 e. The van der Waals surface area contributed by atoms with Gasteiger partial charge in [-0.3, -0.25) is 9.59 Å². The molecule has 5 aliphatic rings. The number of allylic oxidation sites excluding steroid dienone is 4. The van der Waals surface area contributed by atoms with Crippen molar-refractivity contribution in [3.8, 4) is 0 Å². The molecule has 3 unspecified atom stereocenters. The molecule has 176 valence electrons. The number of hydrogen-bond donors (Lipinski definition) is 2. The van der Waals surface area contributed by atoms with Crippen LogP contribution in [0.4, 0.5) is 0 Å². The first-order valence-corrected chi connectivity index (χ1v) is 12.2. The monoisotopic (exact) mass is 464 g/mol. The molecule has 1 heterocycles. The van der Waals surface area contributed by atoms with Gasteiger partial charge in [-0.1, -0.05) is 25.5 Å². The summed E-state index contributed by atoms with van der Waals surface area (Å²) in [4.78, 5) is 25.1. The minimum absolute atomic E-state index is 0.00160. The predicted octanol–water partition coefficient (Wildman–Crippen LogP) is 2.59. The molecule has 7 heteroatoms. The third-order valence-electron chi connectivity index (χ3n) is 9.46. The van der Waals surface area contributed by atoms with Crippen LogP contribution < -0.4 is 0 Å².